The first-order valence-corrected chi connectivity index (χ1v) is 6.10. The van der Waals surface area contributed by atoms with E-state index in [-0.39, 0.29) is 0 Å². The van der Waals surface area contributed by atoms with E-state index in [1.54, 1.807) is 0 Å². The summed E-state index contributed by atoms with van der Waals surface area (Å²) in [6, 6.07) is 10.3. The lowest BCUT2D eigenvalue weighted by Crippen LogP contribution is -2.28. The van der Waals surface area contributed by atoms with Gasteiger partial charge in [-0.15, -0.1) is 0 Å². The second-order valence-corrected chi connectivity index (χ2v) is 4.60. The molecule has 0 saturated carbocycles. The molecule has 0 aliphatic carbocycles. The number of hydrogen-bond acceptors (Lipinski definition) is 1. The number of rotatable bonds is 3. The Bertz CT molecular complexity index is 341. The Morgan fingerprint density at radius 3 is 2.50 bits per heavy atom. The van der Waals surface area contributed by atoms with Crippen molar-refractivity contribution in [2.45, 2.75) is 32.1 Å². The van der Waals surface area contributed by atoms with Gasteiger partial charge in [-0.1, -0.05) is 37.3 Å². The molecule has 16 heavy (non-hydrogen) atoms. The van der Waals surface area contributed by atoms with Gasteiger partial charge in [0.25, 0.3) is 0 Å². The molecule has 86 valence electrons. The van der Waals surface area contributed by atoms with E-state index >= 15 is 0 Å². The molecule has 0 aromatic heterocycles. The van der Waals surface area contributed by atoms with Gasteiger partial charge in [-0.25, -0.2) is 0 Å². The first kappa shape index (κ1) is 11.2. The highest BCUT2D eigenvalue weighted by Crippen LogP contribution is 2.20. The summed E-state index contributed by atoms with van der Waals surface area (Å²) in [5.74, 6) is 0.642. The Labute approximate surface area is 97.3 Å². The zero-order valence-electron chi connectivity index (χ0n) is 9.86. The Balaban J connectivity index is 1.92. The molecule has 0 spiro atoms. The molecule has 1 fully saturated rings. The molecule has 1 aromatic carbocycles. The van der Waals surface area contributed by atoms with Crippen LogP contribution in [0.4, 0.5) is 0 Å². The average molecular weight is 217 g/mol. The third-order valence-corrected chi connectivity index (χ3v) is 3.31. The third-order valence-electron chi connectivity index (χ3n) is 3.31. The van der Waals surface area contributed by atoms with Gasteiger partial charge < -0.3 is 4.90 Å². The van der Waals surface area contributed by atoms with Crippen LogP contribution in [0, 0.1) is 0 Å². The fourth-order valence-corrected chi connectivity index (χ4v) is 2.26. The van der Waals surface area contributed by atoms with Gasteiger partial charge in [0.05, 0.1) is 0 Å². The van der Waals surface area contributed by atoms with Crippen molar-refractivity contribution in [1.82, 2.24) is 4.90 Å². The lowest BCUT2D eigenvalue weighted by atomic mass is 9.97. The van der Waals surface area contributed by atoms with Crippen molar-refractivity contribution < 1.29 is 4.79 Å². The molecule has 1 amide bonds. The molecule has 1 aliphatic heterocycles. The van der Waals surface area contributed by atoms with Crippen LogP contribution in [0.2, 0.25) is 0 Å². The van der Waals surface area contributed by atoms with E-state index in [1.165, 1.54) is 18.4 Å². The highest BCUT2D eigenvalue weighted by atomic mass is 16.2. The summed E-state index contributed by atoms with van der Waals surface area (Å²) in [4.78, 5) is 14.0. The monoisotopic (exact) mass is 217 g/mol. The molecule has 1 aliphatic rings. The van der Waals surface area contributed by atoms with Crippen LogP contribution in [-0.4, -0.2) is 23.9 Å². The summed E-state index contributed by atoms with van der Waals surface area (Å²) < 4.78 is 0. The van der Waals surface area contributed by atoms with Crippen molar-refractivity contribution in [3.63, 3.8) is 0 Å². The number of nitrogens with zero attached hydrogens (tertiary/aromatic N) is 1. The van der Waals surface area contributed by atoms with Crippen molar-refractivity contribution in [3.8, 4) is 0 Å². The van der Waals surface area contributed by atoms with Gasteiger partial charge in [0, 0.05) is 19.5 Å². The van der Waals surface area contributed by atoms with E-state index in [9.17, 15) is 4.79 Å². The summed E-state index contributed by atoms with van der Waals surface area (Å²) in [5.41, 5.74) is 1.26. The molecule has 2 rings (SSSR count). The minimum Gasteiger partial charge on any atom is -0.343 e. The van der Waals surface area contributed by atoms with Crippen molar-refractivity contribution in [2.24, 2.45) is 0 Å². The van der Waals surface area contributed by atoms with Gasteiger partial charge in [0.2, 0.25) is 5.91 Å². The van der Waals surface area contributed by atoms with Gasteiger partial charge in [-0.05, 0) is 24.3 Å². The maximum Gasteiger partial charge on any atom is 0.223 e. The van der Waals surface area contributed by atoms with Gasteiger partial charge >= 0.3 is 0 Å². The van der Waals surface area contributed by atoms with Gasteiger partial charge in [0.1, 0.15) is 0 Å². The second kappa shape index (κ2) is 5.15. The minimum atomic E-state index is 0.314. The van der Waals surface area contributed by atoms with E-state index in [4.69, 9.17) is 0 Å². The molecule has 2 heteroatoms. The molecule has 2 nitrogen and oxygen atoms in total. The van der Waals surface area contributed by atoms with Crippen LogP contribution in [0.3, 0.4) is 0 Å². The zero-order chi connectivity index (χ0) is 11.4. The van der Waals surface area contributed by atoms with Crippen LogP contribution in [-0.2, 0) is 4.79 Å². The molecule has 0 bridgehead atoms. The molecular formula is C14H19NO. The van der Waals surface area contributed by atoms with Gasteiger partial charge in [-0.2, -0.15) is 0 Å². The topological polar surface area (TPSA) is 20.3 Å². The number of carbonyl (C=O) groups excluding carboxylic acids is 1. The maximum absolute atomic E-state index is 12.0. The summed E-state index contributed by atoms with van der Waals surface area (Å²) in [7, 11) is 0. The largest absolute Gasteiger partial charge is 0.343 e. The first-order valence-electron chi connectivity index (χ1n) is 6.10. The zero-order valence-corrected chi connectivity index (χ0v) is 9.86. The van der Waals surface area contributed by atoms with Gasteiger partial charge in [0.15, 0.2) is 0 Å². The fraction of sp³-hybridized carbons (Fsp3) is 0.500. The average Bonchev–Trinajstić information content (AvgIpc) is 2.83. The highest BCUT2D eigenvalue weighted by Gasteiger charge is 2.20. The molecular weight excluding hydrogens is 198 g/mol. The van der Waals surface area contributed by atoms with Crippen LogP contribution in [0.15, 0.2) is 30.3 Å². The molecule has 0 radical (unpaired) electrons. The summed E-state index contributed by atoms with van der Waals surface area (Å²) in [6.45, 7) is 4.05. The Hall–Kier alpha value is -1.31. The predicted molar refractivity (Wildman–Crippen MR) is 65.3 cm³/mol. The molecule has 1 unspecified atom stereocenters. The lowest BCUT2D eigenvalue weighted by Gasteiger charge is -2.18. The number of likely N-dealkylation sites (tertiary alicyclic amines) is 1. The lowest BCUT2D eigenvalue weighted by molar-refractivity contribution is -0.130. The molecule has 1 aromatic rings. The number of amides is 1. The maximum atomic E-state index is 12.0. The quantitative estimate of drug-likeness (QED) is 0.762. The van der Waals surface area contributed by atoms with E-state index < -0.39 is 0 Å². The van der Waals surface area contributed by atoms with E-state index in [1.807, 2.05) is 23.1 Å². The Kier molecular flexibility index (Phi) is 3.60. The number of hydrogen-bond donors (Lipinski definition) is 0. The minimum absolute atomic E-state index is 0.314. The van der Waals surface area contributed by atoms with Crippen LogP contribution in [0.1, 0.15) is 37.7 Å². The standard InChI is InChI=1S/C14H19NO/c1-12(13-7-3-2-4-8-13)11-14(16)15-9-5-6-10-15/h2-4,7-8,12H,5-6,9-11H2,1H3. The summed E-state index contributed by atoms with van der Waals surface area (Å²) in [6.07, 6.45) is 2.99. The normalized spacial score (nSPS) is 17.4. The molecule has 1 heterocycles. The SMILES string of the molecule is CC(CC(=O)N1CCCC1)c1ccccc1. The van der Waals surface area contributed by atoms with Crippen molar-refractivity contribution in [3.05, 3.63) is 35.9 Å². The van der Waals surface area contributed by atoms with Crippen LogP contribution in [0.5, 0.6) is 0 Å². The predicted octanol–water partition coefficient (Wildman–Crippen LogP) is 2.80. The molecule has 1 saturated heterocycles. The first-order chi connectivity index (χ1) is 7.77. The van der Waals surface area contributed by atoms with Crippen molar-refractivity contribution >= 4 is 5.91 Å². The van der Waals surface area contributed by atoms with Crippen molar-refractivity contribution in [1.29, 1.82) is 0 Å². The van der Waals surface area contributed by atoms with Crippen LogP contribution >= 0.6 is 0 Å². The number of benzene rings is 1. The number of carbonyl (C=O) groups is 1. The van der Waals surface area contributed by atoms with Crippen molar-refractivity contribution in [2.75, 3.05) is 13.1 Å². The van der Waals surface area contributed by atoms with Gasteiger partial charge in [-0.3, -0.25) is 4.79 Å². The fourth-order valence-electron chi connectivity index (χ4n) is 2.26. The van der Waals surface area contributed by atoms with E-state index in [0.717, 1.165) is 13.1 Å². The summed E-state index contributed by atoms with van der Waals surface area (Å²) in [5, 5.41) is 0. The summed E-state index contributed by atoms with van der Waals surface area (Å²) >= 11 is 0. The second-order valence-electron chi connectivity index (χ2n) is 4.60. The van der Waals surface area contributed by atoms with E-state index in [0.29, 0.717) is 18.2 Å². The molecule has 0 N–H and O–H groups in total. The van der Waals surface area contributed by atoms with Crippen LogP contribution in [0.25, 0.3) is 0 Å². The Morgan fingerprint density at radius 2 is 1.88 bits per heavy atom. The Morgan fingerprint density at radius 1 is 1.25 bits per heavy atom. The van der Waals surface area contributed by atoms with E-state index in [2.05, 4.69) is 19.1 Å². The van der Waals surface area contributed by atoms with Crippen LogP contribution < -0.4 is 0 Å². The third kappa shape index (κ3) is 2.63. The molecule has 1 atom stereocenters. The smallest absolute Gasteiger partial charge is 0.223 e. The highest BCUT2D eigenvalue weighted by molar-refractivity contribution is 5.77.